The second-order valence-electron chi connectivity index (χ2n) is 6.66. The monoisotopic (exact) mass is 365 g/mol. The highest BCUT2D eigenvalue weighted by molar-refractivity contribution is 6.07. The Morgan fingerprint density at radius 3 is 2.41 bits per heavy atom. The first kappa shape index (κ1) is 17.4. The average molecular weight is 365 g/mol. The summed E-state index contributed by atoms with van der Waals surface area (Å²) in [4.78, 5) is 36.4. The molecule has 2 saturated heterocycles. The van der Waals surface area contributed by atoms with E-state index in [9.17, 15) is 14.4 Å². The molecule has 0 radical (unpaired) electrons. The van der Waals surface area contributed by atoms with Crippen LogP contribution in [-0.4, -0.2) is 35.9 Å². The zero-order valence-corrected chi connectivity index (χ0v) is 14.7. The summed E-state index contributed by atoms with van der Waals surface area (Å²) in [6, 6.07) is 15.7. The fraction of sp³-hybridized carbons (Fsp3) is 0.250. The summed E-state index contributed by atoms with van der Waals surface area (Å²) in [5.41, 5.74) is 5.62. The quantitative estimate of drug-likeness (QED) is 0.625. The van der Waals surface area contributed by atoms with Crippen molar-refractivity contribution < 1.29 is 19.1 Å². The molecule has 27 heavy (non-hydrogen) atoms. The van der Waals surface area contributed by atoms with E-state index in [1.165, 1.54) is 7.11 Å². The van der Waals surface area contributed by atoms with Crippen LogP contribution in [0, 0.1) is 5.92 Å². The number of amides is 2. The molecule has 2 N–H and O–H groups in total. The predicted molar refractivity (Wildman–Crippen MR) is 96.1 cm³/mol. The Morgan fingerprint density at radius 1 is 1.04 bits per heavy atom. The van der Waals surface area contributed by atoms with E-state index in [4.69, 9.17) is 4.74 Å². The maximum atomic E-state index is 12.4. The van der Waals surface area contributed by atoms with E-state index in [1.807, 2.05) is 35.3 Å². The minimum Gasteiger partial charge on any atom is -0.465 e. The Balaban J connectivity index is 1.62. The van der Waals surface area contributed by atoms with Gasteiger partial charge in [-0.2, -0.15) is 0 Å². The number of fused-ring (bicyclic) bond motifs is 1. The number of hydrazine groups is 1. The van der Waals surface area contributed by atoms with Crippen LogP contribution in [0.2, 0.25) is 0 Å². The van der Waals surface area contributed by atoms with Crippen molar-refractivity contribution in [2.45, 2.75) is 18.6 Å². The number of imide groups is 1. The molecule has 7 heteroatoms. The Morgan fingerprint density at radius 2 is 1.74 bits per heavy atom. The van der Waals surface area contributed by atoms with Gasteiger partial charge in [0, 0.05) is 6.54 Å². The average Bonchev–Trinajstić information content (AvgIpc) is 3.21. The molecule has 2 heterocycles. The minimum absolute atomic E-state index is 0.282. The standard InChI is InChI=1S/C20H19N3O4/c1-27-20(26)14-9-7-13(8-10-14)16-15-17(19(25)21-18(15)24)23(22-16)11-12-5-3-2-4-6-12/h2-10,15-17,22H,11H2,1H3,(H,21,24,25)/t15-,16-,17+/m0/s1. The van der Waals surface area contributed by atoms with Gasteiger partial charge in [0.25, 0.3) is 0 Å². The van der Waals surface area contributed by atoms with Crippen LogP contribution in [0.25, 0.3) is 0 Å². The lowest BCUT2D eigenvalue weighted by Crippen LogP contribution is -2.43. The predicted octanol–water partition coefficient (Wildman–Crippen LogP) is 1.18. The van der Waals surface area contributed by atoms with Gasteiger partial charge in [-0.25, -0.2) is 15.2 Å². The molecule has 2 aromatic carbocycles. The lowest BCUT2D eigenvalue weighted by Gasteiger charge is -2.22. The first-order valence-electron chi connectivity index (χ1n) is 8.68. The van der Waals surface area contributed by atoms with Gasteiger partial charge in [-0.15, -0.1) is 0 Å². The zero-order chi connectivity index (χ0) is 19.0. The third kappa shape index (κ3) is 3.11. The molecular formula is C20H19N3O4. The lowest BCUT2D eigenvalue weighted by atomic mass is 9.90. The largest absolute Gasteiger partial charge is 0.465 e. The van der Waals surface area contributed by atoms with Crippen molar-refractivity contribution in [1.82, 2.24) is 15.8 Å². The molecule has 0 aromatic heterocycles. The highest BCUT2D eigenvalue weighted by atomic mass is 16.5. The van der Waals surface area contributed by atoms with Gasteiger partial charge in [0.2, 0.25) is 11.8 Å². The fourth-order valence-electron chi connectivity index (χ4n) is 3.74. The van der Waals surface area contributed by atoms with Crippen LogP contribution < -0.4 is 10.7 Å². The third-order valence-corrected chi connectivity index (χ3v) is 5.04. The number of nitrogens with one attached hydrogen (secondary N) is 2. The van der Waals surface area contributed by atoms with Crippen molar-refractivity contribution in [2.24, 2.45) is 5.92 Å². The molecule has 3 atom stereocenters. The number of hydrogen-bond donors (Lipinski definition) is 2. The van der Waals surface area contributed by atoms with Crippen LogP contribution in [-0.2, 0) is 20.9 Å². The van der Waals surface area contributed by atoms with E-state index in [0.717, 1.165) is 11.1 Å². The van der Waals surface area contributed by atoms with Gasteiger partial charge in [0.1, 0.15) is 6.04 Å². The van der Waals surface area contributed by atoms with Crippen molar-refractivity contribution >= 4 is 17.8 Å². The number of hydrogen-bond acceptors (Lipinski definition) is 6. The van der Waals surface area contributed by atoms with Crippen LogP contribution in [0.3, 0.4) is 0 Å². The summed E-state index contributed by atoms with van der Waals surface area (Å²) in [7, 11) is 1.33. The van der Waals surface area contributed by atoms with E-state index in [-0.39, 0.29) is 17.9 Å². The summed E-state index contributed by atoms with van der Waals surface area (Å²) in [5.74, 6) is -1.51. The molecule has 7 nitrogen and oxygen atoms in total. The van der Waals surface area contributed by atoms with Gasteiger partial charge in [-0.1, -0.05) is 42.5 Å². The molecule has 2 aliphatic rings. The molecule has 2 aliphatic heterocycles. The van der Waals surface area contributed by atoms with Crippen LogP contribution in [0.1, 0.15) is 27.5 Å². The fourth-order valence-corrected chi connectivity index (χ4v) is 3.74. The smallest absolute Gasteiger partial charge is 0.337 e. The molecule has 0 aliphatic carbocycles. The molecule has 2 amide bonds. The van der Waals surface area contributed by atoms with Crippen molar-refractivity contribution in [1.29, 1.82) is 0 Å². The van der Waals surface area contributed by atoms with E-state index < -0.39 is 17.9 Å². The summed E-state index contributed by atoms with van der Waals surface area (Å²) in [6.45, 7) is 0.499. The summed E-state index contributed by atoms with van der Waals surface area (Å²) in [6.07, 6.45) is 0. The summed E-state index contributed by atoms with van der Waals surface area (Å²) < 4.78 is 4.71. The SMILES string of the molecule is COC(=O)c1ccc([C@@H]2NN(Cc3ccccc3)[C@H]3C(=O)NC(=O)[C@@H]23)cc1. The van der Waals surface area contributed by atoms with Crippen LogP contribution >= 0.6 is 0 Å². The highest BCUT2D eigenvalue weighted by Gasteiger charge is 2.54. The van der Waals surface area contributed by atoms with E-state index >= 15 is 0 Å². The number of rotatable bonds is 4. The molecule has 0 spiro atoms. The second-order valence-corrected chi connectivity index (χ2v) is 6.66. The topological polar surface area (TPSA) is 87.7 Å². The van der Waals surface area contributed by atoms with Gasteiger partial charge in [0.15, 0.2) is 0 Å². The van der Waals surface area contributed by atoms with Crippen molar-refractivity contribution in [3.05, 3.63) is 71.3 Å². The number of benzene rings is 2. The second kappa shape index (κ2) is 6.94. The van der Waals surface area contributed by atoms with Crippen LogP contribution in [0.5, 0.6) is 0 Å². The maximum Gasteiger partial charge on any atom is 0.337 e. The number of carbonyl (C=O) groups is 3. The molecule has 4 rings (SSSR count). The van der Waals surface area contributed by atoms with Gasteiger partial charge < -0.3 is 4.74 Å². The molecule has 2 aromatic rings. The molecule has 0 bridgehead atoms. The van der Waals surface area contributed by atoms with Crippen LogP contribution in [0.4, 0.5) is 0 Å². The molecule has 0 saturated carbocycles. The van der Waals surface area contributed by atoms with Crippen molar-refractivity contribution in [3.8, 4) is 0 Å². The number of esters is 1. The first-order chi connectivity index (χ1) is 13.1. The van der Waals surface area contributed by atoms with Crippen molar-refractivity contribution in [3.63, 3.8) is 0 Å². The van der Waals surface area contributed by atoms with Gasteiger partial charge in [0.05, 0.1) is 24.6 Å². The minimum atomic E-state index is -0.567. The summed E-state index contributed by atoms with van der Waals surface area (Å²) in [5, 5.41) is 4.26. The Kier molecular flexibility index (Phi) is 4.47. The summed E-state index contributed by atoms with van der Waals surface area (Å²) >= 11 is 0. The Labute approximate surface area is 156 Å². The Hall–Kier alpha value is -3.03. The van der Waals surface area contributed by atoms with E-state index in [1.54, 1.807) is 24.3 Å². The molecular weight excluding hydrogens is 346 g/mol. The van der Waals surface area contributed by atoms with Gasteiger partial charge >= 0.3 is 5.97 Å². The molecule has 138 valence electrons. The maximum absolute atomic E-state index is 12.4. The lowest BCUT2D eigenvalue weighted by molar-refractivity contribution is -0.127. The van der Waals surface area contributed by atoms with E-state index in [2.05, 4.69) is 10.7 Å². The number of methoxy groups -OCH3 is 1. The van der Waals surface area contributed by atoms with Crippen LogP contribution in [0.15, 0.2) is 54.6 Å². The van der Waals surface area contributed by atoms with Gasteiger partial charge in [-0.3, -0.25) is 14.9 Å². The highest BCUT2D eigenvalue weighted by Crippen LogP contribution is 2.37. The number of ether oxygens (including phenoxy) is 1. The molecule has 0 unspecified atom stereocenters. The first-order valence-corrected chi connectivity index (χ1v) is 8.68. The Bertz CT molecular complexity index is 882. The van der Waals surface area contributed by atoms with Gasteiger partial charge in [-0.05, 0) is 23.3 Å². The van der Waals surface area contributed by atoms with E-state index in [0.29, 0.717) is 12.1 Å². The van der Waals surface area contributed by atoms with Crippen molar-refractivity contribution in [2.75, 3.05) is 7.11 Å². The number of nitrogens with zero attached hydrogens (tertiary/aromatic N) is 1. The number of carbonyl (C=O) groups excluding carboxylic acids is 3. The molecule has 2 fully saturated rings. The normalized spacial score (nSPS) is 24.6. The zero-order valence-electron chi connectivity index (χ0n) is 14.7. The third-order valence-electron chi connectivity index (χ3n) is 5.04.